The summed E-state index contributed by atoms with van der Waals surface area (Å²) in [5.41, 5.74) is 9.87. The average molecular weight is 483 g/mol. The molecule has 2 aromatic carbocycles. The number of rotatable bonds is 5. The highest BCUT2D eigenvalue weighted by Gasteiger charge is 2.26. The lowest BCUT2D eigenvalue weighted by Crippen LogP contribution is -2.27. The molecule has 0 amide bonds. The predicted octanol–water partition coefficient (Wildman–Crippen LogP) is 3.87. The van der Waals surface area contributed by atoms with Crippen LogP contribution in [-0.4, -0.2) is 45.7 Å². The summed E-state index contributed by atoms with van der Waals surface area (Å²) in [6.45, 7) is 5.06. The minimum atomic E-state index is -3.72. The highest BCUT2D eigenvalue weighted by Crippen LogP contribution is 2.36. The summed E-state index contributed by atoms with van der Waals surface area (Å²) in [5, 5.41) is 2.70. The molecule has 1 aliphatic rings. The Bertz CT molecular complexity index is 1450. The lowest BCUT2D eigenvalue weighted by Gasteiger charge is -2.20. The van der Waals surface area contributed by atoms with E-state index in [0.29, 0.717) is 16.7 Å². The number of nitrogens with zero attached hydrogens (tertiary/aromatic N) is 3. The third-order valence-electron chi connectivity index (χ3n) is 6.34. The van der Waals surface area contributed by atoms with Gasteiger partial charge in [0.25, 0.3) is 0 Å². The van der Waals surface area contributed by atoms with E-state index in [0.717, 1.165) is 52.5 Å². The van der Waals surface area contributed by atoms with E-state index in [-0.39, 0.29) is 17.7 Å². The molecule has 0 spiro atoms. The molecule has 1 saturated heterocycles. The van der Waals surface area contributed by atoms with Crippen molar-refractivity contribution < 1.29 is 12.8 Å². The van der Waals surface area contributed by atoms with E-state index < -0.39 is 15.3 Å². The van der Waals surface area contributed by atoms with Gasteiger partial charge in [0.05, 0.1) is 27.7 Å². The van der Waals surface area contributed by atoms with Gasteiger partial charge >= 0.3 is 0 Å². The van der Waals surface area contributed by atoms with Crippen molar-refractivity contribution in [1.82, 2.24) is 24.2 Å². The molecule has 0 bridgehead atoms. The first kappa shape index (κ1) is 22.5. The molecule has 4 aromatic rings. The van der Waals surface area contributed by atoms with Gasteiger partial charge in [-0.3, -0.25) is 0 Å². The molecule has 0 aliphatic carbocycles. The van der Waals surface area contributed by atoms with Crippen LogP contribution in [0.25, 0.3) is 33.5 Å². The number of hydrogen-bond donors (Lipinski definition) is 3. The van der Waals surface area contributed by atoms with Crippen LogP contribution < -0.4 is 11.1 Å². The Balaban J connectivity index is 1.70. The number of imidazole rings is 2. The molecule has 1 aliphatic heterocycles. The third-order valence-corrected chi connectivity index (χ3v) is 8.43. The van der Waals surface area contributed by atoms with Crippen molar-refractivity contribution >= 4 is 27.0 Å². The molecular formula is C24H27FN6O2S. The van der Waals surface area contributed by atoms with Gasteiger partial charge in [-0.1, -0.05) is 6.07 Å². The molecule has 10 heteroatoms. The number of H-pyrrole nitrogens is 1. The van der Waals surface area contributed by atoms with E-state index >= 15 is 0 Å². The number of nitrogen functional groups attached to an aromatic ring is 1. The number of halogens is 1. The van der Waals surface area contributed by atoms with Gasteiger partial charge in [-0.25, -0.2) is 26.7 Å². The average Bonchev–Trinajstić information content (AvgIpc) is 3.40. The van der Waals surface area contributed by atoms with E-state index in [2.05, 4.69) is 15.3 Å². The molecule has 0 saturated carbocycles. The van der Waals surface area contributed by atoms with Gasteiger partial charge < -0.3 is 16.0 Å². The molecule has 0 atom stereocenters. The maximum Gasteiger partial charge on any atom is 0.244 e. The first-order chi connectivity index (χ1) is 16.3. The van der Waals surface area contributed by atoms with E-state index in [9.17, 15) is 12.8 Å². The van der Waals surface area contributed by atoms with Crippen molar-refractivity contribution in [2.45, 2.75) is 37.9 Å². The molecule has 5 rings (SSSR count). The van der Waals surface area contributed by atoms with Crippen LogP contribution in [-0.2, 0) is 10.0 Å². The highest BCUT2D eigenvalue weighted by molar-refractivity contribution is 7.90. The number of benzene rings is 2. The Morgan fingerprint density at radius 1 is 1.06 bits per heavy atom. The summed E-state index contributed by atoms with van der Waals surface area (Å²) in [4.78, 5) is 12.7. The van der Waals surface area contributed by atoms with Crippen molar-refractivity contribution in [3.05, 3.63) is 54.1 Å². The fourth-order valence-electron chi connectivity index (χ4n) is 4.41. The zero-order valence-corrected chi connectivity index (χ0v) is 19.9. The SMILES string of the molecule is CC(C)S(=O)(=O)n1c(N)nc2ccc(-c3nc(C4CCNCC4)[nH]c3-c3ccc(F)cc3)cc21. The van der Waals surface area contributed by atoms with Gasteiger partial charge in [-0.15, -0.1) is 0 Å². The second kappa shape index (κ2) is 8.52. The van der Waals surface area contributed by atoms with Crippen LogP contribution in [0.5, 0.6) is 0 Å². The van der Waals surface area contributed by atoms with Gasteiger partial charge in [0, 0.05) is 17.0 Å². The minimum absolute atomic E-state index is 0.0722. The predicted molar refractivity (Wildman–Crippen MR) is 131 cm³/mol. The summed E-state index contributed by atoms with van der Waals surface area (Å²) >= 11 is 0. The van der Waals surface area contributed by atoms with Crippen molar-refractivity contribution in [3.63, 3.8) is 0 Å². The maximum absolute atomic E-state index is 13.6. The van der Waals surface area contributed by atoms with Crippen LogP contribution in [0.4, 0.5) is 10.3 Å². The van der Waals surface area contributed by atoms with Crippen molar-refractivity contribution in [2.75, 3.05) is 18.8 Å². The van der Waals surface area contributed by atoms with E-state index in [1.54, 1.807) is 38.1 Å². The molecule has 2 aromatic heterocycles. The number of fused-ring (bicyclic) bond motifs is 1. The van der Waals surface area contributed by atoms with Gasteiger partial charge in [-0.05, 0) is 76.2 Å². The van der Waals surface area contributed by atoms with Gasteiger partial charge in [0.1, 0.15) is 11.6 Å². The molecule has 0 radical (unpaired) electrons. The normalized spacial score (nSPS) is 15.4. The number of aromatic nitrogens is 4. The van der Waals surface area contributed by atoms with Crippen LogP contribution >= 0.6 is 0 Å². The number of piperidine rings is 1. The number of anilines is 1. The third kappa shape index (κ3) is 3.86. The molecule has 4 N–H and O–H groups in total. The topological polar surface area (TPSA) is 119 Å². The number of nitrogens with one attached hydrogen (secondary N) is 2. The minimum Gasteiger partial charge on any atom is -0.368 e. The van der Waals surface area contributed by atoms with Crippen LogP contribution in [0, 0.1) is 5.82 Å². The molecule has 3 heterocycles. The van der Waals surface area contributed by atoms with Gasteiger partial charge in [0.15, 0.2) is 0 Å². The lowest BCUT2D eigenvalue weighted by atomic mass is 9.98. The molecule has 34 heavy (non-hydrogen) atoms. The smallest absolute Gasteiger partial charge is 0.244 e. The summed E-state index contributed by atoms with van der Waals surface area (Å²) in [5.74, 6) is 0.763. The molecular weight excluding hydrogens is 455 g/mol. The molecule has 8 nitrogen and oxygen atoms in total. The Morgan fingerprint density at radius 3 is 2.41 bits per heavy atom. The molecule has 0 unspecified atom stereocenters. The Morgan fingerprint density at radius 2 is 1.74 bits per heavy atom. The van der Waals surface area contributed by atoms with Gasteiger partial charge in [-0.2, -0.15) is 0 Å². The van der Waals surface area contributed by atoms with E-state index in [1.807, 2.05) is 6.07 Å². The molecule has 1 fully saturated rings. The largest absolute Gasteiger partial charge is 0.368 e. The maximum atomic E-state index is 13.6. The van der Waals surface area contributed by atoms with Crippen LogP contribution in [0.15, 0.2) is 42.5 Å². The fraction of sp³-hybridized carbons (Fsp3) is 0.333. The van der Waals surface area contributed by atoms with Gasteiger partial charge in [0.2, 0.25) is 16.0 Å². The highest BCUT2D eigenvalue weighted by atomic mass is 32.2. The van der Waals surface area contributed by atoms with E-state index in [1.165, 1.54) is 12.1 Å². The first-order valence-corrected chi connectivity index (χ1v) is 12.9. The molecule has 178 valence electrons. The lowest BCUT2D eigenvalue weighted by molar-refractivity contribution is 0.447. The Labute approximate surface area is 197 Å². The standard InChI is InChI=1S/C24H27FN6O2S/c1-14(2)34(32,33)31-20-13-17(5-8-19(20)28-24(31)26)22-21(15-3-6-18(25)7-4-15)29-23(30-22)16-9-11-27-12-10-16/h3-8,13-14,16,27H,9-12H2,1-2H3,(H2,26,28)(H,29,30). The zero-order chi connectivity index (χ0) is 24.0. The fourth-order valence-corrected chi connectivity index (χ4v) is 5.56. The van der Waals surface area contributed by atoms with Crippen LogP contribution in [0.2, 0.25) is 0 Å². The quantitative estimate of drug-likeness (QED) is 0.397. The van der Waals surface area contributed by atoms with Crippen molar-refractivity contribution in [3.8, 4) is 22.5 Å². The zero-order valence-electron chi connectivity index (χ0n) is 19.0. The second-order valence-corrected chi connectivity index (χ2v) is 11.2. The Kier molecular flexibility index (Phi) is 5.65. The summed E-state index contributed by atoms with van der Waals surface area (Å²) in [6, 6.07) is 11.6. The van der Waals surface area contributed by atoms with Crippen LogP contribution in [0.3, 0.4) is 0 Å². The van der Waals surface area contributed by atoms with Crippen molar-refractivity contribution in [2.24, 2.45) is 0 Å². The number of aromatic amines is 1. The summed E-state index contributed by atoms with van der Waals surface area (Å²) in [6.07, 6.45) is 1.93. The second-order valence-electron chi connectivity index (χ2n) is 8.91. The monoisotopic (exact) mass is 482 g/mol. The van der Waals surface area contributed by atoms with Crippen LogP contribution in [0.1, 0.15) is 38.4 Å². The first-order valence-electron chi connectivity index (χ1n) is 11.3. The number of hydrogen-bond acceptors (Lipinski definition) is 6. The van der Waals surface area contributed by atoms with Crippen molar-refractivity contribution in [1.29, 1.82) is 0 Å². The van der Waals surface area contributed by atoms with E-state index in [4.69, 9.17) is 10.7 Å². The number of nitrogens with two attached hydrogens (primary N) is 1. The summed E-state index contributed by atoms with van der Waals surface area (Å²) in [7, 11) is -3.72. The Hall–Kier alpha value is -3.24. The summed E-state index contributed by atoms with van der Waals surface area (Å²) < 4.78 is 40.7.